The number of aryl methyl sites for hydroxylation is 1. The van der Waals surface area contributed by atoms with Gasteiger partial charge >= 0.3 is 0 Å². The van der Waals surface area contributed by atoms with Crippen molar-refractivity contribution in [3.05, 3.63) is 248 Å². The summed E-state index contributed by atoms with van der Waals surface area (Å²) in [5.41, 5.74) is 11.9. The Morgan fingerprint density at radius 1 is 0.277 bits per heavy atom. The molecule has 0 atom stereocenters. The standard InChI is InChI=1S/C61H43N3Si/c1-42-32-39-57-53(40-42)50-25-12-15-28-55(50)64(57)59-31-17-30-58-61(59)52-26-13-16-29-56(52)63(58)44-35-38-51-49-24-11-14-27-54(49)62(60(51)41-44)43-33-36-48(37-34-43)65(45-18-5-2-6-19-45,46-20-7-3-8-21-46)47-22-9-4-10-23-47/h2-41H,1H3. The van der Waals surface area contributed by atoms with Crippen molar-refractivity contribution in [1.29, 1.82) is 0 Å². The van der Waals surface area contributed by atoms with Crippen molar-refractivity contribution in [3.8, 4) is 17.1 Å². The molecule has 4 heteroatoms. The van der Waals surface area contributed by atoms with E-state index in [-0.39, 0.29) is 0 Å². The van der Waals surface area contributed by atoms with E-state index in [4.69, 9.17) is 0 Å². The second kappa shape index (κ2) is 14.7. The van der Waals surface area contributed by atoms with Crippen molar-refractivity contribution in [2.45, 2.75) is 6.92 Å². The predicted octanol–water partition coefficient (Wildman–Crippen LogP) is 12.7. The number of rotatable bonds is 7. The van der Waals surface area contributed by atoms with Crippen LogP contribution < -0.4 is 20.7 Å². The number of nitrogens with zero attached hydrogens (tertiary/aromatic N) is 3. The fraction of sp³-hybridized carbons (Fsp3) is 0.0164. The first-order valence-electron chi connectivity index (χ1n) is 22.5. The van der Waals surface area contributed by atoms with E-state index in [9.17, 15) is 0 Å². The summed E-state index contributed by atoms with van der Waals surface area (Å²) in [6.45, 7) is 2.18. The molecule has 0 aliphatic carbocycles. The Bertz CT molecular complexity index is 3840. The molecule has 0 saturated heterocycles. The van der Waals surface area contributed by atoms with Crippen LogP contribution in [0, 0.1) is 6.92 Å². The molecule has 0 unspecified atom stereocenters. The second-order valence-electron chi connectivity index (χ2n) is 17.3. The molecule has 0 amide bonds. The van der Waals surface area contributed by atoms with Gasteiger partial charge in [0, 0.05) is 43.7 Å². The summed E-state index contributed by atoms with van der Waals surface area (Å²) in [6, 6.07) is 90.3. The van der Waals surface area contributed by atoms with Gasteiger partial charge < -0.3 is 13.7 Å². The van der Waals surface area contributed by atoms with Crippen LogP contribution in [0.5, 0.6) is 0 Å². The summed E-state index contributed by atoms with van der Waals surface area (Å²) < 4.78 is 7.41. The first-order valence-corrected chi connectivity index (χ1v) is 24.5. The van der Waals surface area contributed by atoms with Crippen LogP contribution in [-0.2, 0) is 0 Å². The molecule has 306 valence electrons. The van der Waals surface area contributed by atoms with Crippen LogP contribution in [-0.4, -0.2) is 21.8 Å². The lowest BCUT2D eigenvalue weighted by Gasteiger charge is -2.34. The monoisotopic (exact) mass is 845 g/mol. The van der Waals surface area contributed by atoms with Crippen LogP contribution in [0.25, 0.3) is 82.5 Å². The van der Waals surface area contributed by atoms with Gasteiger partial charge in [0.2, 0.25) is 0 Å². The Balaban J connectivity index is 1.03. The zero-order valence-corrected chi connectivity index (χ0v) is 36.9. The lowest BCUT2D eigenvalue weighted by Crippen LogP contribution is -2.74. The molecular weight excluding hydrogens is 803 g/mol. The molecule has 3 nitrogen and oxygen atoms in total. The molecule has 3 aromatic heterocycles. The molecule has 13 rings (SSSR count). The highest BCUT2D eigenvalue weighted by Gasteiger charge is 2.41. The Morgan fingerprint density at radius 2 is 0.723 bits per heavy atom. The van der Waals surface area contributed by atoms with Gasteiger partial charge in [0.1, 0.15) is 0 Å². The van der Waals surface area contributed by atoms with Crippen molar-refractivity contribution in [2.24, 2.45) is 0 Å². The molecule has 0 saturated carbocycles. The van der Waals surface area contributed by atoms with E-state index in [2.05, 4.69) is 263 Å². The molecule has 0 aliphatic rings. The highest BCUT2D eigenvalue weighted by Crippen LogP contribution is 2.41. The number of hydrogen-bond acceptors (Lipinski definition) is 0. The van der Waals surface area contributed by atoms with Crippen molar-refractivity contribution in [1.82, 2.24) is 13.7 Å². The number of benzene rings is 10. The highest BCUT2D eigenvalue weighted by atomic mass is 28.3. The number of fused-ring (bicyclic) bond motifs is 9. The topological polar surface area (TPSA) is 14.8 Å². The summed E-state index contributed by atoms with van der Waals surface area (Å²) >= 11 is 0. The molecule has 0 bridgehead atoms. The first-order chi connectivity index (χ1) is 32.2. The zero-order valence-electron chi connectivity index (χ0n) is 35.9. The van der Waals surface area contributed by atoms with Crippen molar-refractivity contribution in [3.63, 3.8) is 0 Å². The van der Waals surface area contributed by atoms with Gasteiger partial charge in [0.05, 0.1) is 38.8 Å². The van der Waals surface area contributed by atoms with E-state index in [1.165, 1.54) is 97.4 Å². The van der Waals surface area contributed by atoms with Crippen LogP contribution in [0.1, 0.15) is 5.56 Å². The maximum Gasteiger partial charge on any atom is 0.179 e. The SMILES string of the molecule is Cc1ccc2c(c1)c1ccccc1n2-c1cccc2c1c1ccccc1n2-c1ccc2c3ccccc3n(-c3ccc([Si](c4ccccc4)(c4ccccc4)c4ccccc4)cc3)c2c1. The van der Waals surface area contributed by atoms with Crippen molar-refractivity contribution in [2.75, 3.05) is 0 Å². The third kappa shape index (κ3) is 5.54. The third-order valence-corrected chi connectivity index (χ3v) is 18.6. The average Bonchev–Trinajstić information content (AvgIpc) is 4.01. The van der Waals surface area contributed by atoms with Gasteiger partial charge in [0.25, 0.3) is 0 Å². The van der Waals surface area contributed by atoms with E-state index in [0.717, 1.165) is 11.4 Å². The average molecular weight is 846 g/mol. The van der Waals surface area contributed by atoms with E-state index >= 15 is 0 Å². The molecule has 65 heavy (non-hydrogen) atoms. The van der Waals surface area contributed by atoms with E-state index < -0.39 is 8.07 Å². The first kappa shape index (κ1) is 37.4. The van der Waals surface area contributed by atoms with Crippen molar-refractivity contribution < 1.29 is 0 Å². The Morgan fingerprint density at radius 3 is 1.35 bits per heavy atom. The molecular formula is C61H43N3Si. The van der Waals surface area contributed by atoms with E-state index in [0.29, 0.717) is 0 Å². The largest absolute Gasteiger partial charge is 0.309 e. The van der Waals surface area contributed by atoms with Gasteiger partial charge in [-0.3, -0.25) is 0 Å². The smallest absolute Gasteiger partial charge is 0.179 e. The summed E-state index contributed by atoms with van der Waals surface area (Å²) in [5.74, 6) is 0. The Labute approximate surface area is 378 Å². The molecule has 0 radical (unpaired) electrons. The number of hydrogen-bond donors (Lipinski definition) is 0. The molecule has 13 aromatic rings. The molecule has 3 heterocycles. The zero-order chi connectivity index (χ0) is 43.1. The lowest BCUT2D eigenvalue weighted by atomic mass is 10.1. The Kier molecular flexibility index (Phi) is 8.45. The van der Waals surface area contributed by atoms with E-state index in [1.807, 2.05) is 0 Å². The van der Waals surface area contributed by atoms with Crippen LogP contribution >= 0.6 is 0 Å². The summed E-state index contributed by atoms with van der Waals surface area (Å²) in [7, 11) is -2.69. The van der Waals surface area contributed by atoms with Crippen LogP contribution in [0.3, 0.4) is 0 Å². The maximum absolute atomic E-state index is 2.69. The molecule has 10 aromatic carbocycles. The van der Waals surface area contributed by atoms with Gasteiger partial charge in [-0.15, -0.1) is 0 Å². The second-order valence-corrected chi connectivity index (χ2v) is 21.2. The minimum Gasteiger partial charge on any atom is -0.309 e. The van der Waals surface area contributed by atoms with E-state index in [1.54, 1.807) is 0 Å². The van der Waals surface area contributed by atoms with Crippen LogP contribution in [0.15, 0.2) is 243 Å². The number of para-hydroxylation sites is 3. The summed E-state index contributed by atoms with van der Waals surface area (Å²) in [6.07, 6.45) is 0. The van der Waals surface area contributed by atoms with Gasteiger partial charge in [-0.25, -0.2) is 0 Å². The number of aromatic nitrogens is 3. The van der Waals surface area contributed by atoms with Gasteiger partial charge in [-0.2, -0.15) is 0 Å². The molecule has 0 fully saturated rings. The minimum atomic E-state index is -2.69. The molecule has 0 N–H and O–H groups in total. The van der Waals surface area contributed by atoms with Gasteiger partial charge in [-0.05, 0) is 94.4 Å². The quantitative estimate of drug-likeness (QED) is 0.112. The van der Waals surface area contributed by atoms with Crippen LogP contribution in [0.2, 0.25) is 0 Å². The fourth-order valence-corrected chi connectivity index (χ4v) is 15.9. The lowest BCUT2D eigenvalue weighted by molar-refractivity contribution is 1.15. The Hall–Kier alpha value is -8.18. The maximum atomic E-state index is 2.47. The minimum absolute atomic E-state index is 1.13. The fourth-order valence-electron chi connectivity index (χ4n) is 11.1. The van der Waals surface area contributed by atoms with Crippen molar-refractivity contribution >= 4 is 94.2 Å². The van der Waals surface area contributed by atoms with Crippen LogP contribution in [0.4, 0.5) is 0 Å². The normalized spacial score (nSPS) is 12.1. The summed E-state index contributed by atoms with van der Waals surface area (Å²) in [5, 5.41) is 13.0. The highest BCUT2D eigenvalue weighted by molar-refractivity contribution is 7.19. The molecule has 0 aliphatic heterocycles. The predicted molar refractivity (Wildman–Crippen MR) is 278 cm³/mol. The van der Waals surface area contributed by atoms with Gasteiger partial charge in [0.15, 0.2) is 8.07 Å². The summed E-state index contributed by atoms with van der Waals surface area (Å²) in [4.78, 5) is 0. The van der Waals surface area contributed by atoms with Gasteiger partial charge in [-0.1, -0.05) is 181 Å². The molecule has 0 spiro atoms. The third-order valence-electron chi connectivity index (χ3n) is 13.8.